The number of unbranched alkanes of at least 4 members (excludes halogenated alkanes) is 6. The average Bonchev–Trinajstić information content (AvgIpc) is 2.86. The molecule has 0 saturated heterocycles. The van der Waals surface area contributed by atoms with Gasteiger partial charge in [-0.25, -0.2) is 4.79 Å². The molecule has 0 heterocycles. The lowest BCUT2D eigenvalue weighted by Gasteiger charge is -2.10. The summed E-state index contributed by atoms with van der Waals surface area (Å²) >= 11 is 0. The number of benzene rings is 2. The fourth-order valence-electron chi connectivity index (χ4n) is 3.57. The van der Waals surface area contributed by atoms with Crippen LogP contribution in [-0.2, 0) is 0 Å². The predicted octanol–water partition coefficient (Wildman–Crippen LogP) is 8.41. The van der Waals surface area contributed by atoms with Crippen LogP contribution in [0.25, 0.3) is 0 Å². The van der Waals surface area contributed by atoms with Crippen molar-refractivity contribution in [3.8, 4) is 17.2 Å². The minimum atomic E-state index is -0.384. The maximum Gasteiger partial charge on any atom is 0.343 e. The Morgan fingerprint density at radius 2 is 1.32 bits per heavy atom. The first-order valence-electron chi connectivity index (χ1n) is 12.9. The summed E-state index contributed by atoms with van der Waals surface area (Å²) < 4.78 is 17.1. The Kier molecular flexibility index (Phi) is 13.6. The van der Waals surface area contributed by atoms with Crippen LogP contribution in [0, 0.1) is 5.92 Å². The van der Waals surface area contributed by atoms with Crippen LogP contribution in [0.15, 0.2) is 61.2 Å². The summed E-state index contributed by atoms with van der Waals surface area (Å²) in [5.74, 6) is 2.42. The molecule has 0 bridgehead atoms. The lowest BCUT2D eigenvalue weighted by atomic mass is 10.0. The van der Waals surface area contributed by atoms with Crippen LogP contribution in [0.2, 0.25) is 0 Å². The molecule has 34 heavy (non-hydrogen) atoms. The fraction of sp³-hybridized carbons (Fsp3) is 0.500. The van der Waals surface area contributed by atoms with Crippen molar-refractivity contribution in [3.63, 3.8) is 0 Å². The molecule has 4 nitrogen and oxygen atoms in total. The van der Waals surface area contributed by atoms with Crippen molar-refractivity contribution in [3.05, 3.63) is 66.7 Å². The molecule has 0 aliphatic heterocycles. The Labute approximate surface area is 206 Å². The van der Waals surface area contributed by atoms with Crippen molar-refractivity contribution in [2.45, 2.75) is 78.1 Å². The summed E-state index contributed by atoms with van der Waals surface area (Å²) in [6.45, 7) is 9.63. The molecule has 2 rings (SSSR count). The molecule has 4 heteroatoms. The van der Waals surface area contributed by atoms with E-state index in [2.05, 4.69) is 20.4 Å². The minimum absolute atomic E-state index is 0.384. The van der Waals surface area contributed by atoms with Gasteiger partial charge >= 0.3 is 5.97 Å². The molecule has 1 unspecified atom stereocenters. The highest BCUT2D eigenvalue weighted by molar-refractivity contribution is 5.91. The molecule has 0 aliphatic carbocycles. The molecule has 0 saturated carbocycles. The number of rotatable bonds is 18. The van der Waals surface area contributed by atoms with E-state index >= 15 is 0 Å². The van der Waals surface area contributed by atoms with Gasteiger partial charge in [0.25, 0.3) is 0 Å². The quantitative estimate of drug-likeness (QED) is 0.0957. The second-order valence-corrected chi connectivity index (χ2v) is 8.94. The number of hydrogen-bond donors (Lipinski definition) is 0. The molecule has 0 radical (unpaired) electrons. The zero-order valence-corrected chi connectivity index (χ0v) is 21.1. The van der Waals surface area contributed by atoms with E-state index < -0.39 is 0 Å². The summed E-state index contributed by atoms with van der Waals surface area (Å²) in [4.78, 5) is 12.4. The van der Waals surface area contributed by atoms with Crippen molar-refractivity contribution in [2.75, 3.05) is 13.2 Å². The van der Waals surface area contributed by atoms with Crippen LogP contribution < -0.4 is 14.2 Å². The minimum Gasteiger partial charge on any atom is -0.494 e. The maximum atomic E-state index is 12.4. The SMILES string of the molecule is C=CCCCCCCCCOc1ccc(C(=O)Oc2ccc(OCCCC(C)CC)cc2)cc1. The van der Waals surface area contributed by atoms with Gasteiger partial charge in [0, 0.05) is 0 Å². The van der Waals surface area contributed by atoms with Crippen LogP contribution >= 0.6 is 0 Å². The third-order valence-electron chi connectivity index (χ3n) is 6.00. The maximum absolute atomic E-state index is 12.4. The normalized spacial score (nSPS) is 11.6. The van der Waals surface area contributed by atoms with Gasteiger partial charge in [-0.3, -0.25) is 0 Å². The van der Waals surface area contributed by atoms with Crippen LogP contribution in [0.4, 0.5) is 0 Å². The van der Waals surface area contributed by atoms with Gasteiger partial charge in [-0.2, -0.15) is 0 Å². The molecule has 2 aromatic carbocycles. The Balaban J connectivity index is 1.65. The van der Waals surface area contributed by atoms with E-state index in [9.17, 15) is 4.79 Å². The number of allylic oxidation sites excluding steroid dienone is 1. The van der Waals surface area contributed by atoms with Gasteiger partial charge in [0.1, 0.15) is 17.2 Å². The predicted molar refractivity (Wildman–Crippen MR) is 140 cm³/mol. The topological polar surface area (TPSA) is 44.8 Å². The van der Waals surface area contributed by atoms with E-state index in [0.717, 1.165) is 36.7 Å². The largest absolute Gasteiger partial charge is 0.494 e. The number of ether oxygens (including phenoxy) is 3. The number of carbonyl (C=O) groups is 1. The fourth-order valence-corrected chi connectivity index (χ4v) is 3.57. The van der Waals surface area contributed by atoms with Gasteiger partial charge in [-0.15, -0.1) is 6.58 Å². The molecule has 0 N–H and O–H groups in total. The van der Waals surface area contributed by atoms with Crippen molar-refractivity contribution in [1.82, 2.24) is 0 Å². The zero-order valence-electron chi connectivity index (χ0n) is 21.1. The van der Waals surface area contributed by atoms with Crippen LogP contribution in [-0.4, -0.2) is 19.2 Å². The second-order valence-electron chi connectivity index (χ2n) is 8.94. The molecule has 0 spiro atoms. The molecule has 1 atom stereocenters. The summed E-state index contributed by atoms with van der Waals surface area (Å²) in [5.41, 5.74) is 0.497. The van der Waals surface area contributed by atoms with Gasteiger partial charge in [0.15, 0.2) is 0 Å². The monoisotopic (exact) mass is 466 g/mol. The average molecular weight is 467 g/mol. The van der Waals surface area contributed by atoms with Gasteiger partial charge in [-0.05, 0) is 86.6 Å². The lowest BCUT2D eigenvalue weighted by molar-refractivity contribution is 0.0734. The van der Waals surface area contributed by atoms with E-state index in [-0.39, 0.29) is 5.97 Å². The Morgan fingerprint density at radius 1 is 0.794 bits per heavy atom. The molecule has 186 valence electrons. The van der Waals surface area contributed by atoms with Crippen molar-refractivity contribution >= 4 is 5.97 Å². The van der Waals surface area contributed by atoms with E-state index in [0.29, 0.717) is 24.5 Å². The van der Waals surface area contributed by atoms with Crippen LogP contribution in [0.5, 0.6) is 17.2 Å². The Morgan fingerprint density at radius 3 is 1.94 bits per heavy atom. The van der Waals surface area contributed by atoms with Crippen molar-refractivity contribution < 1.29 is 19.0 Å². The highest BCUT2D eigenvalue weighted by Gasteiger charge is 2.09. The van der Waals surface area contributed by atoms with Gasteiger partial charge in [0.05, 0.1) is 18.8 Å². The first-order valence-corrected chi connectivity index (χ1v) is 12.9. The van der Waals surface area contributed by atoms with Gasteiger partial charge < -0.3 is 14.2 Å². The number of hydrogen-bond acceptors (Lipinski definition) is 4. The highest BCUT2D eigenvalue weighted by atomic mass is 16.5. The summed E-state index contributed by atoms with van der Waals surface area (Å²) in [7, 11) is 0. The molecular weight excluding hydrogens is 424 g/mol. The van der Waals surface area contributed by atoms with Crippen molar-refractivity contribution in [2.24, 2.45) is 5.92 Å². The second kappa shape index (κ2) is 16.8. The third kappa shape index (κ3) is 11.4. The first kappa shape index (κ1) is 27.5. The highest BCUT2D eigenvalue weighted by Crippen LogP contribution is 2.20. The smallest absolute Gasteiger partial charge is 0.343 e. The Bertz CT molecular complexity index is 811. The number of carbonyl (C=O) groups excluding carboxylic acids is 1. The van der Waals surface area contributed by atoms with E-state index in [1.165, 1.54) is 44.9 Å². The summed E-state index contributed by atoms with van der Waals surface area (Å²) in [6, 6.07) is 14.3. The lowest BCUT2D eigenvalue weighted by Crippen LogP contribution is -2.08. The van der Waals surface area contributed by atoms with E-state index in [1.54, 1.807) is 24.3 Å². The molecule has 0 aromatic heterocycles. The Hall–Kier alpha value is -2.75. The third-order valence-corrected chi connectivity index (χ3v) is 6.00. The molecule has 2 aromatic rings. The summed E-state index contributed by atoms with van der Waals surface area (Å²) in [6.07, 6.45) is 13.8. The van der Waals surface area contributed by atoms with E-state index in [1.807, 2.05) is 30.3 Å². The van der Waals surface area contributed by atoms with Crippen molar-refractivity contribution in [1.29, 1.82) is 0 Å². The molecule has 0 amide bonds. The first-order chi connectivity index (χ1) is 16.6. The zero-order chi connectivity index (χ0) is 24.4. The van der Waals surface area contributed by atoms with E-state index in [4.69, 9.17) is 14.2 Å². The standard InChI is InChI=1S/C30H42O4/c1-4-6-7-8-9-10-11-12-23-32-27-17-15-26(16-18-27)30(31)34-29-21-19-28(20-22-29)33-24-13-14-25(3)5-2/h4,15-22,25H,1,5-14,23-24H2,2-3H3. The van der Waals surface area contributed by atoms with Gasteiger partial charge in [0.2, 0.25) is 0 Å². The van der Waals surface area contributed by atoms with Crippen LogP contribution in [0.1, 0.15) is 88.4 Å². The molecule has 0 fully saturated rings. The summed E-state index contributed by atoms with van der Waals surface area (Å²) in [5, 5.41) is 0. The molecular formula is C30H42O4. The number of esters is 1. The van der Waals surface area contributed by atoms with Crippen LogP contribution in [0.3, 0.4) is 0 Å². The molecule has 0 aliphatic rings. The van der Waals surface area contributed by atoms with Gasteiger partial charge in [-0.1, -0.05) is 52.0 Å².